The van der Waals surface area contributed by atoms with E-state index in [0.29, 0.717) is 11.7 Å². The van der Waals surface area contributed by atoms with Crippen molar-refractivity contribution in [3.05, 3.63) is 17.8 Å². The third-order valence-electron chi connectivity index (χ3n) is 6.48. The van der Waals surface area contributed by atoms with E-state index in [2.05, 4.69) is 25.3 Å². The van der Waals surface area contributed by atoms with E-state index in [1.807, 2.05) is 12.1 Å². The van der Waals surface area contributed by atoms with Crippen molar-refractivity contribution in [2.24, 2.45) is 5.92 Å². The fraction of sp³-hybridized carbons (Fsp3) is 0.762. The van der Waals surface area contributed by atoms with Gasteiger partial charge in [0, 0.05) is 25.7 Å². The van der Waals surface area contributed by atoms with Crippen LogP contribution in [0.25, 0.3) is 0 Å². The van der Waals surface area contributed by atoms with Crippen LogP contribution in [0, 0.1) is 5.92 Å². The highest BCUT2D eigenvalue weighted by Crippen LogP contribution is 2.24. The van der Waals surface area contributed by atoms with E-state index in [-0.39, 0.29) is 5.91 Å². The Morgan fingerprint density at radius 3 is 2.33 bits per heavy atom. The predicted octanol–water partition coefficient (Wildman–Crippen LogP) is 2.85. The Balaban J connectivity index is 1.25. The molecule has 1 saturated carbocycles. The lowest BCUT2D eigenvalue weighted by Gasteiger charge is -2.34. The number of anilines is 1. The zero-order chi connectivity index (χ0) is 18.5. The fourth-order valence-electron chi connectivity index (χ4n) is 4.80. The summed E-state index contributed by atoms with van der Waals surface area (Å²) in [5, 5.41) is 11.7. The van der Waals surface area contributed by atoms with E-state index in [9.17, 15) is 4.79 Å². The molecule has 2 saturated heterocycles. The van der Waals surface area contributed by atoms with Gasteiger partial charge in [-0.25, -0.2) is 0 Å². The summed E-state index contributed by atoms with van der Waals surface area (Å²) < 4.78 is 0. The largest absolute Gasteiger partial charge is 0.355 e. The molecule has 4 rings (SSSR count). The molecule has 0 radical (unpaired) electrons. The van der Waals surface area contributed by atoms with Crippen molar-refractivity contribution in [1.82, 2.24) is 20.4 Å². The van der Waals surface area contributed by atoms with E-state index < -0.39 is 0 Å². The van der Waals surface area contributed by atoms with E-state index in [1.165, 1.54) is 64.6 Å². The molecule has 6 nitrogen and oxygen atoms in total. The van der Waals surface area contributed by atoms with Crippen molar-refractivity contribution in [1.29, 1.82) is 0 Å². The monoisotopic (exact) mass is 371 g/mol. The average molecular weight is 372 g/mol. The molecule has 27 heavy (non-hydrogen) atoms. The van der Waals surface area contributed by atoms with Crippen molar-refractivity contribution >= 4 is 11.7 Å². The molecule has 0 spiro atoms. The lowest BCUT2D eigenvalue weighted by Crippen LogP contribution is -2.39. The van der Waals surface area contributed by atoms with Gasteiger partial charge in [-0.15, -0.1) is 10.2 Å². The van der Waals surface area contributed by atoms with Crippen molar-refractivity contribution in [3.8, 4) is 0 Å². The zero-order valence-corrected chi connectivity index (χ0v) is 16.4. The van der Waals surface area contributed by atoms with Crippen molar-refractivity contribution in [2.45, 2.75) is 63.8 Å². The van der Waals surface area contributed by atoms with Crippen molar-refractivity contribution in [3.63, 3.8) is 0 Å². The predicted molar refractivity (Wildman–Crippen MR) is 107 cm³/mol. The van der Waals surface area contributed by atoms with Gasteiger partial charge >= 0.3 is 0 Å². The molecule has 148 valence electrons. The summed E-state index contributed by atoms with van der Waals surface area (Å²) in [4.78, 5) is 17.3. The molecular weight excluding hydrogens is 338 g/mol. The summed E-state index contributed by atoms with van der Waals surface area (Å²) >= 11 is 0. The second kappa shape index (κ2) is 9.00. The Hall–Kier alpha value is -1.69. The number of likely N-dealkylation sites (tertiary alicyclic amines) is 1. The molecule has 2 aliphatic heterocycles. The summed E-state index contributed by atoms with van der Waals surface area (Å²) in [6.45, 7) is 5.92. The summed E-state index contributed by atoms with van der Waals surface area (Å²) in [5.41, 5.74) is 0.438. The fourth-order valence-corrected chi connectivity index (χ4v) is 4.80. The van der Waals surface area contributed by atoms with Gasteiger partial charge in [0.15, 0.2) is 11.5 Å². The molecule has 1 aliphatic carbocycles. The molecule has 3 fully saturated rings. The number of rotatable bonds is 5. The Labute approximate surface area is 162 Å². The lowest BCUT2D eigenvalue weighted by molar-refractivity contribution is 0.0921. The lowest BCUT2D eigenvalue weighted by atomic mass is 9.95. The number of amides is 1. The molecule has 0 unspecified atom stereocenters. The highest BCUT2D eigenvalue weighted by atomic mass is 16.2. The summed E-state index contributed by atoms with van der Waals surface area (Å²) in [6, 6.07) is 4.10. The number of aromatic nitrogens is 2. The number of carbonyl (C=O) groups excluding carboxylic acids is 1. The topological polar surface area (TPSA) is 61.4 Å². The third kappa shape index (κ3) is 4.98. The first kappa shape index (κ1) is 18.7. The van der Waals surface area contributed by atoms with Gasteiger partial charge in [-0.2, -0.15) is 0 Å². The van der Waals surface area contributed by atoms with Crippen LogP contribution in [0.1, 0.15) is 68.3 Å². The van der Waals surface area contributed by atoms with E-state index in [1.54, 1.807) is 0 Å². The van der Waals surface area contributed by atoms with Crippen LogP contribution in [0.3, 0.4) is 0 Å². The van der Waals surface area contributed by atoms with Crippen molar-refractivity contribution < 1.29 is 4.79 Å². The maximum atomic E-state index is 12.4. The molecule has 3 heterocycles. The molecule has 1 N–H and O–H groups in total. The number of nitrogens with zero attached hydrogens (tertiary/aromatic N) is 4. The Kier molecular flexibility index (Phi) is 6.22. The van der Waals surface area contributed by atoms with Gasteiger partial charge in [0.05, 0.1) is 0 Å². The number of carbonyl (C=O) groups is 1. The SMILES string of the molecule is O=C(NC1CCCCC1)c1ccc(N2CCC(CN3CCCC3)CC2)nn1. The molecule has 0 aromatic carbocycles. The minimum atomic E-state index is -0.0785. The van der Waals surface area contributed by atoms with Gasteiger partial charge in [-0.3, -0.25) is 4.79 Å². The second-order valence-corrected chi connectivity index (χ2v) is 8.52. The van der Waals surface area contributed by atoms with Gasteiger partial charge in [0.25, 0.3) is 5.91 Å². The van der Waals surface area contributed by atoms with Crippen LogP contribution in [-0.2, 0) is 0 Å². The van der Waals surface area contributed by atoms with E-state index in [4.69, 9.17) is 0 Å². The Morgan fingerprint density at radius 2 is 1.67 bits per heavy atom. The van der Waals surface area contributed by atoms with Crippen molar-refractivity contribution in [2.75, 3.05) is 37.6 Å². The first-order chi connectivity index (χ1) is 13.3. The normalized spacial score (nSPS) is 22.9. The summed E-state index contributed by atoms with van der Waals surface area (Å²) in [5.74, 6) is 1.64. The van der Waals surface area contributed by atoms with Crippen LogP contribution < -0.4 is 10.2 Å². The van der Waals surface area contributed by atoms with Gasteiger partial charge in [0.1, 0.15) is 0 Å². The van der Waals surface area contributed by atoms with Crippen LogP contribution in [0.2, 0.25) is 0 Å². The highest BCUT2D eigenvalue weighted by Gasteiger charge is 2.24. The average Bonchev–Trinajstić information content (AvgIpc) is 3.22. The van der Waals surface area contributed by atoms with Crippen LogP contribution in [-0.4, -0.2) is 59.8 Å². The Morgan fingerprint density at radius 1 is 0.926 bits per heavy atom. The van der Waals surface area contributed by atoms with Gasteiger partial charge in [0.2, 0.25) is 0 Å². The molecular formula is C21H33N5O. The van der Waals surface area contributed by atoms with Gasteiger partial charge < -0.3 is 15.1 Å². The first-order valence-electron chi connectivity index (χ1n) is 10.9. The van der Waals surface area contributed by atoms with Crippen LogP contribution in [0.4, 0.5) is 5.82 Å². The minimum Gasteiger partial charge on any atom is -0.355 e. The quantitative estimate of drug-likeness (QED) is 0.862. The summed E-state index contributed by atoms with van der Waals surface area (Å²) in [6.07, 6.45) is 11.1. The number of hydrogen-bond acceptors (Lipinski definition) is 5. The molecule has 0 atom stereocenters. The van der Waals surface area contributed by atoms with E-state index >= 15 is 0 Å². The second-order valence-electron chi connectivity index (χ2n) is 8.52. The van der Waals surface area contributed by atoms with E-state index in [0.717, 1.165) is 37.7 Å². The maximum Gasteiger partial charge on any atom is 0.272 e. The molecule has 1 aromatic rings. The smallest absolute Gasteiger partial charge is 0.272 e. The zero-order valence-electron chi connectivity index (χ0n) is 16.4. The molecule has 0 bridgehead atoms. The minimum absolute atomic E-state index is 0.0785. The Bertz CT molecular complexity index is 600. The molecule has 3 aliphatic rings. The van der Waals surface area contributed by atoms with Crippen LogP contribution >= 0.6 is 0 Å². The third-order valence-corrected chi connectivity index (χ3v) is 6.48. The highest BCUT2D eigenvalue weighted by molar-refractivity contribution is 5.92. The molecule has 1 aromatic heterocycles. The number of hydrogen-bond donors (Lipinski definition) is 1. The van der Waals surface area contributed by atoms with Crippen LogP contribution in [0.5, 0.6) is 0 Å². The number of nitrogens with one attached hydrogen (secondary N) is 1. The molecule has 6 heteroatoms. The summed E-state index contributed by atoms with van der Waals surface area (Å²) in [7, 11) is 0. The van der Waals surface area contributed by atoms with Gasteiger partial charge in [-0.05, 0) is 69.7 Å². The molecule has 1 amide bonds. The standard InChI is InChI=1S/C21H33N5O/c27-21(22-18-6-2-1-3-7-18)19-8-9-20(24-23-19)26-14-10-17(11-15-26)16-25-12-4-5-13-25/h8-9,17-18H,1-7,10-16H2,(H,22,27). The first-order valence-corrected chi connectivity index (χ1v) is 10.9. The number of piperidine rings is 1. The van der Waals surface area contributed by atoms with Gasteiger partial charge in [-0.1, -0.05) is 19.3 Å². The van der Waals surface area contributed by atoms with Crippen LogP contribution in [0.15, 0.2) is 12.1 Å². The maximum absolute atomic E-state index is 12.4.